The van der Waals surface area contributed by atoms with Crippen molar-refractivity contribution < 1.29 is 14.5 Å². The molecule has 2 N–H and O–H groups in total. The quantitative estimate of drug-likeness (QED) is 0.551. The maximum Gasteiger partial charge on any atom is 0.269 e. The Morgan fingerprint density at radius 1 is 1.07 bits per heavy atom. The summed E-state index contributed by atoms with van der Waals surface area (Å²) in [4.78, 5) is 35.3. The molecular formula is C20H23N3O4. The van der Waals surface area contributed by atoms with Gasteiger partial charge in [0.25, 0.3) is 11.6 Å². The van der Waals surface area contributed by atoms with Gasteiger partial charge in [0.15, 0.2) is 0 Å². The second kappa shape index (κ2) is 9.47. The average molecular weight is 369 g/mol. The molecule has 2 aromatic rings. The van der Waals surface area contributed by atoms with Crippen molar-refractivity contribution >= 4 is 17.5 Å². The molecule has 0 spiro atoms. The molecule has 0 aliphatic heterocycles. The van der Waals surface area contributed by atoms with Gasteiger partial charge >= 0.3 is 0 Å². The molecule has 2 rings (SSSR count). The van der Waals surface area contributed by atoms with Crippen molar-refractivity contribution in [3.8, 4) is 0 Å². The predicted octanol–water partition coefficient (Wildman–Crippen LogP) is 3.06. The van der Waals surface area contributed by atoms with Crippen molar-refractivity contribution in [1.29, 1.82) is 0 Å². The lowest BCUT2D eigenvalue weighted by molar-refractivity contribution is -0.384. The smallest absolute Gasteiger partial charge is 0.269 e. The Bertz CT molecular complexity index is 791. The average Bonchev–Trinajstić information content (AvgIpc) is 2.70. The number of carbonyl (C=O) groups excluding carboxylic acids is 2. The molecule has 0 aromatic heterocycles. The molecule has 2 atom stereocenters. The number of nitro groups is 1. The molecule has 0 fully saturated rings. The first-order chi connectivity index (χ1) is 12.9. The van der Waals surface area contributed by atoms with Crippen LogP contribution in [0.2, 0.25) is 0 Å². The Balaban J connectivity index is 2.05. The molecule has 0 saturated heterocycles. The molecule has 27 heavy (non-hydrogen) atoms. The Morgan fingerprint density at radius 3 is 2.26 bits per heavy atom. The molecule has 0 aliphatic rings. The van der Waals surface area contributed by atoms with Gasteiger partial charge in [-0.15, -0.1) is 0 Å². The summed E-state index contributed by atoms with van der Waals surface area (Å²) < 4.78 is 0. The fourth-order valence-corrected chi connectivity index (χ4v) is 2.56. The SMILES string of the molecule is CC[C@H](C)[C@H](NC(=O)c1ccc([N+](=O)[O-])cc1)C(=O)NCc1ccccc1. The van der Waals surface area contributed by atoms with Gasteiger partial charge in [0.05, 0.1) is 4.92 Å². The van der Waals surface area contributed by atoms with Crippen LogP contribution in [0, 0.1) is 16.0 Å². The summed E-state index contributed by atoms with van der Waals surface area (Å²) in [5.74, 6) is -0.767. The van der Waals surface area contributed by atoms with Crippen LogP contribution in [0.15, 0.2) is 54.6 Å². The molecule has 0 unspecified atom stereocenters. The highest BCUT2D eigenvalue weighted by atomic mass is 16.6. The topological polar surface area (TPSA) is 101 Å². The minimum Gasteiger partial charge on any atom is -0.350 e. The number of rotatable bonds is 8. The second-order valence-electron chi connectivity index (χ2n) is 6.34. The zero-order valence-corrected chi connectivity index (χ0v) is 15.3. The first kappa shape index (κ1) is 20.1. The Labute approximate surface area is 157 Å². The molecule has 0 heterocycles. The first-order valence-electron chi connectivity index (χ1n) is 8.79. The van der Waals surface area contributed by atoms with Crippen molar-refractivity contribution in [3.05, 3.63) is 75.8 Å². The summed E-state index contributed by atoms with van der Waals surface area (Å²) in [6, 6.07) is 14.1. The van der Waals surface area contributed by atoms with E-state index < -0.39 is 16.9 Å². The van der Waals surface area contributed by atoms with E-state index in [1.165, 1.54) is 24.3 Å². The van der Waals surface area contributed by atoms with Crippen molar-refractivity contribution in [2.24, 2.45) is 5.92 Å². The summed E-state index contributed by atoms with van der Waals surface area (Å²) >= 11 is 0. The lowest BCUT2D eigenvalue weighted by Gasteiger charge is -2.23. The van der Waals surface area contributed by atoms with Crippen LogP contribution in [0.4, 0.5) is 5.69 Å². The van der Waals surface area contributed by atoms with E-state index >= 15 is 0 Å². The van der Waals surface area contributed by atoms with E-state index in [0.717, 1.165) is 5.56 Å². The molecule has 0 radical (unpaired) electrons. The molecule has 0 bridgehead atoms. The van der Waals surface area contributed by atoms with Crippen LogP contribution in [0.3, 0.4) is 0 Å². The normalized spacial score (nSPS) is 12.7. The number of hydrogen-bond acceptors (Lipinski definition) is 4. The summed E-state index contributed by atoms with van der Waals surface area (Å²) in [6.45, 7) is 4.21. The van der Waals surface area contributed by atoms with Gasteiger partial charge in [-0.2, -0.15) is 0 Å². The van der Waals surface area contributed by atoms with Gasteiger partial charge < -0.3 is 10.6 Å². The Kier molecular flexibility index (Phi) is 7.05. The molecule has 2 amide bonds. The predicted molar refractivity (Wildman–Crippen MR) is 102 cm³/mol. The lowest BCUT2D eigenvalue weighted by atomic mass is 9.97. The fraction of sp³-hybridized carbons (Fsp3) is 0.300. The van der Waals surface area contributed by atoms with Crippen molar-refractivity contribution in [3.63, 3.8) is 0 Å². The molecule has 7 nitrogen and oxygen atoms in total. The molecule has 142 valence electrons. The largest absolute Gasteiger partial charge is 0.350 e. The molecule has 0 aliphatic carbocycles. The van der Waals surface area contributed by atoms with E-state index in [1.807, 2.05) is 44.2 Å². The second-order valence-corrected chi connectivity index (χ2v) is 6.34. The van der Waals surface area contributed by atoms with Crippen LogP contribution >= 0.6 is 0 Å². The van der Waals surface area contributed by atoms with E-state index in [4.69, 9.17) is 0 Å². The fourth-order valence-electron chi connectivity index (χ4n) is 2.56. The van der Waals surface area contributed by atoms with Crippen LogP contribution in [0.25, 0.3) is 0 Å². The van der Waals surface area contributed by atoms with Gasteiger partial charge in [-0.3, -0.25) is 19.7 Å². The van der Waals surface area contributed by atoms with Crippen molar-refractivity contribution in [1.82, 2.24) is 10.6 Å². The van der Waals surface area contributed by atoms with Crippen LogP contribution in [-0.4, -0.2) is 22.8 Å². The van der Waals surface area contributed by atoms with E-state index in [9.17, 15) is 19.7 Å². The van der Waals surface area contributed by atoms with E-state index in [-0.39, 0.29) is 23.1 Å². The highest BCUT2D eigenvalue weighted by molar-refractivity contribution is 5.97. The minimum absolute atomic E-state index is 0.0669. The van der Waals surface area contributed by atoms with Crippen LogP contribution < -0.4 is 10.6 Å². The number of nitro benzene ring substituents is 1. The summed E-state index contributed by atoms with van der Waals surface area (Å²) in [5.41, 5.74) is 1.14. The number of benzene rings is 2. The number of nitrogens with zero attached hydrogens (tertiary/aromatic N) is 1. The maximum absolute atomic E-state index is 12.6. The number of non-ortho nitro benzene ring substituents is 1. The van der Waals surface area contributed by atoms with E-state index in [1.54, 1.807) is 0 Å². The highest BCUT2D eigenvalue weighted by Crippen LogP contribution is 2.14. The van der Waals surface area contributed by atoms with Gasteiger partial charge in [0.2, 0.25) is 5.91 Å². The standard InChI is InChI=1S/C20H23N3O4/c1-3-14(2)18(20(25)21-13-15-7-5-4-6-8-15)22-19(24)16-9-11-17(12-10-16)23(26)27/h4-12,14,18H,3,13H2,1-2H3,(H,21,25)(H,22,24)/t14-,18-/m0/s1. The van der Waals surface area contributed by atoms with Crippen molar-refractivity contribution in [2.75, 3.05) is 0 Å². The van der Waals surface area contributed by atoms with Gasteiger partial charge in [-0.1, -0.05) is 50.6 Å². The highest BCUT2D eigenvalue weighted by Gasteiger charge is 2.26. The molecule has 0 saturated carbocycles. The van der Waals surface area contributed by atoms with Gasteiger partial charge in [-0.05, 0) is 23.6 Å². The van der Waals surface area contributed by atoms with Crippen LogP contribution in [0.1, 0.15) is 36.2 Å². The summed E-state index contributed by atoms with van der Waals surface area (Å²) in [5, 5.41) is 16.3. The van der Waals surface area contributed by atoms with E-state index in [2.05, 4.69) is 10.6 Å². The van der Waals surface area contributed by atoms with Crippen LogP contribution in [0.5, 0.6) is 0 Å². The number of carbonyl (C=O) groups is 2. The number of amides is 2. The van der Waals surface area contributed by atoms with Crippen LogP contribution in [-0.2, 0) is 11.3 Å². The maximum atomic E-state index is 12.6. The number of hydrogen-bond donors (Lipinski definition) is 2. The minimum atomic E-state index is -0.693. The summed E-state index contributed by atoms with van der Waals surface area (Å²) in [7, 11) is 0. The monoisotopic (exact) mass is 369 g/mol. The zero-order valence-electron chi connectivity index (χ0n) is 15.3. The van der Waals surface area contributed by atoms with Gasteiger partial charge in [-0.25, -0.2) is 0 Å². The van der Waals surface area contributed by atoms with Gasteiger partial charge in [0.1, 0.15) is 6.04 Å². The summed E-state index contributed by atoms with van der Waals surface area (Å²) in [6.07, 6.45) is 0.712. The zero-order chi connectivity index (χ0) is 19.8. The Hall–Kier alpha value is -3.22. The first-order valence-corrected chi connectivity index (χ1v) is 8.79. The number of nitrogens with one attached hydrogen (secondary N) is 2. The van der Waals surface area contributed by atoms with Crippen molar-refractivity contribution in [2.45, 2.75) is 32.9 Å². The van der Waals surface area contributed by atoms with E-state index in [0.29, 0.717) is 13.0 Å². The molecule has 2 aromatic carbocycles. The Morgan fingerprint density at radius 2 is 1.70 bits per heavy atom. The third-order valence-electron chi connectivity index (χ3n) is 4.43. The molecule has 7 heteroatoms. The van der Waals surface area contributed by atoms with Gasteiger partial charge in [0, 0.05) is 24.2 Å². The third kappa shape index (κ3) is 5.64. The lowest BCUT2D eigenvalue weighted by Crippen LogP contribution is -2.50. The molecular weight excluding hydrogens is 346 g/mol. The third-order valence-corrected chi connectivity index (χ3v) is 4.43.